The van der Waals surface area contributed by atoms with Crippen LogP contribution in [0.5, 0.6) is 0 Å². The van der Waals surface area contributed by atoms with Crippen LogP contribution in [0.2, 0.25) is 0 Å². The van der Waals surface area contributed by atoms with E-state index in [0.29, 0.717) is 17.2 Å². The first-order valence-corrected chi connectivity index (χ1v) is 4.62. The molecule has 4 nitrogen and oxygen atoms in total. The minimum absolute atomic E-state index is 0.0513. The average molecular weight is 202 g/mol. The second kappa shape index (κ2) is 3.65. The molecule has 0 amide bonds. The lowest BCUT2D eigenvalue weighted by atomic mass is 10.2. The number of benzene rings is 1. The van der Waals surface area contributed by atoms with Crippen molar-refractivity contribution in [1.82, 2.24) is 9.55 Å². The predicted octanol–water partition coefficient (Wildman–Crippen LogP) is 0.904. The van der Waals surface area contributed by atoms with Crippen molar-refractivity contribution in [3.8, 4) is 0 Å². The van der Waals surface area contributed by atoms with Gasteiger partial charge in [-0.2, -0.15) is 0 Å². The topological polar surface area (TPSA) is 52.0 Å². The van der Waals surface area contributed by atoms with Crippen molar-refractivity contribution in [2.24, 2.45) is 0 Å². The molecule has 0 saturated heterocycles. The van der Waals surface area contributed by atoms with Crippen molar-refractivity contribution in [2.75, 3.05) is 0 Å². The molecular formula is C11H10N2O2. The number of hydrogen-bond donors (Lipinski definition) is 0. The molecule has 0 atom stereocenters. The van der Waals surface area contributed by atoms with Gasteiger partial charge in [-0.3, -0.25) is 9.36 Å². The van der Waals surface area contributed by atoms with Crippen LogP contribution in [0.1, 0.15) is 5.56 Å². The van der Waals surface area contributed by atoms with E-state index in [1.807, 2.05) is 13.0 Å². The fourth-order valence-electron chi connectivity index (χ4n) is 1.48. The molecular weight excluding hydrogens is 192 g/mol. The molecule has 0 aliphatic rings. The van der Waals surface area contributed by atoms with Gasteiger partial charge in [0.05, 0.1) is 23.8 Å². The number of carbonyl (C=O) groups is 1. The number of aromatic nitrogens is 2. The third-order valence-electron chi connectivity index (χ3n) is 2.25. The molecule has 1 heterocycles. The molecule has 15 heavy (non-hydrogen) atoms. The number of nitrogens with zero attached hydrogens (tertiary/aromatic N) is 2. The summed E-state index contributed by atoms with van der Waals surface area (Å²) < 4.78 is 1.30. The SMILES string of the molecule is Cc1ccc2ncn(CC=O)c(=O)c2c1. The van der Waals surface area contributed by atoms with E-state index >= 15 is 0 Å². The zero-order valence-electron chi connectivity index (χ0n) is 8.30. The smallest absolute Gasteiger partial charge is 0.261 e. The lowest BCUT2D eigenvalue weighted by Crippen LogP contribution is -2.21. The van der Waals surface area contributed by atoms with Gasteiger partial charge in [0.15, 0.2) is 0 Å². The molecule has 0 radical (unpaired) electrons. The molecule has 2 aromatic rings. The first-order chi connectivity index (χ1) is 7.22. The Balaban J connectivity index is 2.76. The lowest BCUT2D eigenvalue weighted by molar-refractivity contribution is -0.108. The first kappa shape index (κ1) is 9.58. The van der Waals surface area contributed by atoms with Gasteiger partial charge >= 0.3 is 0 Å². The fourth-order valence-corrected chi connectivity index (χ4v) is 1.48. The molecule has 1 aromatic heterocycles. The van der Waals surface area contributed by atoms with E-state index in [1.165, 1.54) is 10.9 Å². The summed E-state index contributed by atoms with van der Waals surface area (Å²) in [5, 5.41) is 0.555. The zero-order valence-corrected chi connectivity index (χ0v) is 8.30. The van der Waals surface area contributed by atoms with Gasteiger partial charge in [-0.05, 0) is 19.1 Å². The first-order valence-electron chi connectivity index (χ1n) is 4.62. The van der Waals surface area contributed by atoms with Crippen LogP contribution < -0.4 is 5.56 Å². The Bertz CT molecular complexity index is 572. The van der Waals surface area contributed by atoms with Gasteiger partial charge in [-0.25, -0.2) is 4.98 Å². The summed E-state index contributed by atoms with van der Waals surface area (Å²) in [6.45, 7) is 1.96. The summed E-state index contributed by atoms with van der Waals surface area (Å²) in [6.07, 6.45) is 2.08. The highest BCUT2D eigenvalue weighted by molar-refractivity contribution is 5.78. The Morgan fingerprint density at radius 2 is 2.27 bits per heavy atom. The highest BCUT2D eigenvalue weighted by atomic mass is 16.1. The Morgan fingerprint density at radius 3 is 3.00 bits per heavy atom. The molecule has 1 aromatic carbocycles. The Kier molecular flexibility index (Phi) is 2.33. The summed E-state index contributed by atoms with van der Waals surface area (Å²) >= 11 is 0. The van der Waals surface area contributed by atoms with Crippen molar-refractivity contribution >= 4 is 17.2 Å². The Morgan fingerprint density at radius 1 is 1.47 bits per heavy atom. The number of carbonyl (C=O) groups excluding carboxylic acids is 1. The second-order valence-corrected chi connectivity index (χ2v) is 3.39. The zero-order chi connectivity index (χ0) is 10.8. The van der Waals surface area contributed by atoms with Gasteiger partial charge in [0.25, 0.3) is 5.56 Å². The third kappa shape index (κ3) is 1.66. The molecule has 0 spiro atoms. The normalized spacial score (nSPS) is 10.5. The monoisotopic (exact) mass is 202 g/mol. The van der Waals surface area contributed by atoms with Crippen molar-refractivity contribution in [1.29, 1.82) is 0 Å². The highest BCUT2D eigenvalue weighted by Gasteiger charge is 2.03. The van der Waals surface area contributed by atoms with Gasteiger partial charge in [-0.15, -0.1) is 0 Å². The van der Waals surface area contributed by atoms with E-state index < -0.39 is 0 Å². The summed E-state index contributed by atoms with van der Waals surface area (Å²) in [4.78, 5) is 26.3. The summed E-state index contributed by atoms with van der Waals surface area (Å²) in [5.41, 5.74) is 1.49. The summed E-state index contributed by atoms with van der Waals surface area (Å²) in [5.74, 6) is 0. The molecule has 4 heteroatoms. The highest BCUT2D eigenvalue weighted by Crippen LogP contribution is 2.08. The molecule has 76 valence electrons. The molecule has 0 aliphatic carbocycles. The van der Waals surface area contributed by atoms with Gasteiger partial charge in [0.2, 0.25) is 0 Å². The minimum Gasteiger partial charge on any atom is -0.301 e. The van der Waals surface area contributed by atoms with Crippen molar-refractivity contribution in [2.45, 2.75) is 13.5 Å². The van der Waals surface area contributed by atoms with Crippen LogP contribution >= 0.6 is 0 Å². The van der Waals surface area contributed by atoms with Crippen LogP contribution in [0.25, 0.3) is 10.9 Å². The number of fused-ring (bicyclic) bond motifs is 1. The Labute approximate surface area is 86.2 Å². The number of rotatable bonds is 2. The van der Waals surface area contributed by atoms with Gasteiger partial charge in [-0.1, -0.05) is 11.6 Å². The quantitative estimate of drug-likeness (QED) is 0.680. The van der Waals surface area contributed by atoms with E-state index in [-0.39, 0.29) is 12.1 Å². The molecule has 0 aliphatic heterocycles. The van der Waals surface area contributed by atoms with E-state index in [9.17, 15) is 9.59 Å². The van der Waals surface area contributed by atoms with Crippen molar-refractivity contribution in [3.05, 3.63) is 40.4 Å². The van der Waals surface area contributed by atoms with Crippen LogP contribution in [0.15, 0.2) is 29.3 Å². The summed E-state index contributed by atoms with van der Waals surface area (Å²) in [6, 6.07) is 5.49. The minimum atomic E-state index is -0.171. The standard InChI is InChI=1S/C11H10N2O2/c1-8-2-3-10-9(6-8)11(15)13(4-5-14)7-12-10/h2-3,5-7H,4H2,1H3. The van der Waals surface area contributed by atoms with Crippen molar-refractivity contribution < 1.29 is 4.79 Å². The van der Waals surface area contributed by atoms with Crippen LogP contribution in [0.4, 0.5) is 0 Å². The lowest BCUT2D eigenvalue weighted by Gasteiger charge is -2.02. The van der Waals surface area contributed by atoms with Crippen molar-refractivity contribution in [3.63, 3.8) is 0 Å². The van der Waals surface area contributed by atoms with E-state index in [0.717, 1.165) is 5.56 Å². The van der Waals surface area contributed by atoms with E-state index in [2.05, 4.69) is 4.98 Å². The molecule has 0 N–H and O–H groups in total. The molecule has 0 fully saturated rings. The summed E-state index contributed by atoms with van der Waals surface area (Å²) in [7, 11) is 0. The van der Waals surface area contributed by atoms with Crippen LogP contribution in [-0.4, -0.2) is 15.8 Å². The Hall–Kier alpha value is -1.97. The molecule has 2 rings (SSSR count). The maximum atomic E-state index is 11.8. The molecule has 0 bridgehead atoms. The maximum absolute atomic E-state index is 11.8. The number of aryl methyl sites for hydroxylation is 1. The largest absolute Gasteiger partial charge is 0.301 e. The average Bonchev–Trinajstić information content (AvgIpc) is 2.23. The fraction of sp³-hybridized carbons (Fsp3) is 0.182. The third-order valence-corrected chi connectivity index (χ3v) is 2.25. The maximum Gasteiger partial charge on any atom is 0.261 e. The van der Waals surface area contributed by atoms with Crippen LogP contribution in [0, 0.1) is 6.92 Å². The second-order valence-electron chi connectivity index (χ2n) is 3.39. The van der Waals surface area contributed by atoms with E-state index in [1.54, 1.807) is 12.1 Å². The molecule has 0 unspecified atom stereocenters. The predicted molar refractivity (Wildman–Crippen MR) is 56.8 cm³/mol. The van der Waals surface area contributed by atoms with Gasteiger partial charge < -0.3 is 4.79 Å². The number of hydrogen-bond acceptors (Lipinski definition) is 3. The van der Waals surface area contributed by atoms with Crippen LogP contribution in [-0.2, 0) is 11.3 Å². The molecule has 0 saturated carbocycles. The van der Waals surface area contributed by atoms with Gasteiger partial charge in [0.1, 0.15) is 6.29 Å². The number of aldehydes is 1. The van der Waals surface area contributed by atoms with Gasteiger partial charge in [0, 0.05) is 0 Å². The van der Waals surface area contributed by atoms with Crippen LogP contribution in [0.3, 0.4) is 0 Å². The van der Waals surface area contributed by atoms with E-state index in [4.69, 9.17) is 0 Å².